The Morgan fingerprint density at radius 2 is 2.18 bits per heavy atom. The van der Waals surface area contributed by atoms with Gasteiger partial charge in [0.05, 0.1) is 6.20 Å². The normalized spacial score (nSPS) is 27.2. The zero-order chi connectivity index (χ0) is 12.6. The smallest absolute Gasteiger partial charge is 0.262 e. The molecule has 0 radical (unpaired) electrons. The van der Waals surface area contributed by atoms with Crippen LogP contribution in [0, 0.1) is 0 Å². The highest BCUT2D eigenvalue weighted by atomic mass is 32.2. The van der Waals surface area contributed by atoms with Crippen LogP contribution in [0.4, 0.5) is 0 Å². The summed E-state index contributed by atoms with van der Waals surface area (Å²) >= 11 is 0. The molecule has 2 rings (SSSR count). The Kier molecular flexibility index (Phi) is 3.19. The lowest BCUT2D eigenvalue weighted by molar-refractivity contribution is 0.231. The average Bonchev–Trinajstić information content (AvgIpc) is 2.69. The van der Waals surface area contributed by atoms with Crippen molar-refractivity contribution in [3.8, 4) is 0 Å². The number of hydrogen-bond donors (Lipinski definition) is 1. The highest BCUT2D eigenvalue weighted by Gasteiger charge is 2.36. The van der Waals surface area contributed by atoms with Crippen LogP contribution in [-0.4, -0.2) is 52.9 Å². The van der Waals surface area contributed by atoms with Gasteiger partial charge in [0, 0.05) is 32.2 Å². The van der Waals surface area contributed by atoms with Crippen molar-refractivity contribution in [3.05, 3.63) is 6.20 Å². The van der Waals surface area contributed by atoms with Crippen molar-refractivity contribution in [1.29, 1.82) is 0 Å². The van der Waals surface area contributed by atoms with Crippen LogP contribution in [0.1, 0.15) is 13.8 Å². The number of piperazine rings is 1. The van der Waals surface area contributed by atoms with E-state index in [1.165, 1.54) is 15.2 Å². The Hall–Kier alpha value is -0.990. The maximum Gasteiger partial charge on any atom is 0.262 e. The van der Waals surface area contributed by atoms with Gasteiger partial charge in [-0.3, -0.25) is 0 Å². The minimum absolute atomic E-state index is 0.0800. The van der Waals surface area contributed by atoms with E-state index in [-0.39, 0.29) is 17.1 Å². The van der Waals surface area contributed by atoms with Crippen molar-refractivity contribution in [2.75, 3.05) is 13.1 Å². The summed E-state index contributed by atoms with van der Waals surface area (Å²) in [6, 6.07) is 0.0587. The molecule has 0 spiro atoms. The van der Waals surface area contributed by atoms with E-state index in [1.807, 2.05) is 13.8 Å². The van der Waals surface area contributed by atoms with Gasteiger partial charge in [-0.25, -0.2) is 13.1 Å². The van der Waals surface area contributed by atoms with E-state index in [4.69, 9.17) is 0 Å². The maximum absolute atomic E-state index is 12.4. The highest BCUT2D eigenvalue weighted by Crippen LogP contribution is 2.19. The Morgan fingerprint density at radius 1 is 1.47 bits per heavy atom. The van der Waals surface area contributed by atoms with E-state index in [2.05, 4.69) is 15.6 Å². The molecule has 1 N–H and O–H groups in total. The maximum atomic E-state index is 12.4. The van der Waals surface area contributed by atoms with Crippen LogP contribution in [0.15, 0.2) is 11.2 Å². The fourth-order valence-electron chi connectivity index (χ4n) is 2.00. The van der Waals surface area contributed by atoms with Crippen LogP contribution in [0.2, 0.25) is 0 Å². The zero-order valence-electron chi connectivity index (χ0n) is 10.2. The van der Waals surface area contributed by atoms with Crippen LogP contribution in [0.5, 0.6) is 0 Å². The van der Waals surface area contributed by atoms with Gasteiger partial charge in [0.25, 0.3) is 10.0 Å². The average molecular weight is 259 g/mol. The fraction of sp³-hybridized carbons (Fsp3) is 0.778. The van der Waals surface area contributed by atoms with Crippen molar-refractivity contribution in [1.82, 2.24) is 24.6 Å². The Bertz CT molecular complexity index is 497. The summed E-state index contributed by atoms with van der Waals surface area (Å²) < 4.78 is 27.6. The molecule has 2 atom stereocenters. The van der Waals surface area contributed by atoms with Gasteiger partial charge in [0.2, 0.25) is 0 Å². The summed E-state index contributed by atoms with van der Waals surface area (Å²) in [6.07, 6.45) is 1.29. The van der Waals surface area contributed by atoms with E-state index in [1.54, 1.807) is 7.05 Å². The summed E-state index contributed by atoms with van der Waals surface area (Å²) in [5, 5.41) is 10.7. The van der Waals surface area contributed by atoms with Gasteiger partial charge >= 0.3 is 0 Å². The molecule has 7 nitrogen and oxygen atoms in total. The second-order valence-electron chi connectivity index (χ2n) is 4.30. The van der Waals surface area contributed by atoms with Gasteiger partial charge in [-0.2, -0.15) is 4.31 Å². The molecule has 96 valence electrons. The first-order valence-electron chi connectivity index (χ1n) is 5.54. The van der Waals surface area contributed by atoms with E-state index in [9.17, 15) is 8.42 Å². The minimum atomic E-state index is -3.50. The molecule has 0 saturated carbocycles. The lowest BCUT2D eigenvalue weighted by atomic mass is 10.1. The molecule has 8 heteroatoms. The van der Waals surface area contributed by atoms with Gasteiger partial charge in [0.1, 0.15) is 0 Å². The summed E-state index contributed by atoms with van der Waals surface area (Å²) in [5.74, 6) is 0. The van der Waals surface area contributed by atoms with Crippen LogP contribution >= 0.6 is 0 Å². The molecule has 0 aromatic carbocycles. The summed E-state index contributed by atoms with van der Waals surface area (Å²) in [5.41, 5.74) is 0. The predicted octanol–water partition coefficient (Wildman–Crippen LogP) is -0.814. The molecular formula is C9H17N5O2S. The monoisotopic (exact) mass is 259 g/mol. The Labute approximate surface area is 101 Å². The van der Waals surface area contributed by atoms with Crippen LogP contribution in [-0.2, 0) is 17.1 Å². The second kappa shape index (κ2) is 4.35. The van der Waals surface area contributed by atoms with E-state index in [0.29, 0.717) is 13.1 Å². The number of nitrogens with zero attached hydrogens (tertiary/aromatic N) is 4. The molecular weight excluding hydrogens is 242 g/mol. The van der Waals surface area contributed by atoms with Crippen molar-refractivity contribution in [2.45, 2.75) is 31.0 Å². The second-order valence-corrected chi connectivity index (χ2v) is 6.13. The fourth-order valence-corrected chi connectivity index (χ4v) is 3.74. The number of aryl methyl sites for hydroxylation is 1. The number of hydrogen-bond acceptors (Lipinski definition) is 5. The standard InChI is InChI=1S/C9H17N5O2S/c1-7-8(2)14(5-4-10-7)17(15,16)9-6-11-12-13(9)3/h6-8,10H,4-5H2,1-3H3. The van der Waals surface area contributed by atoms with E-state index < -0.39 is 10.0 Å². The molecule has 1 aliphatic rings. The molecule has 2 unspecified atom stereocenters. The molecule has 0 aliphatic carbocycles. The molecule has 1 fully saturated rings. The molecule has 1 aliphatic heterocycles. The van der Waals surface area contributed by atoms with Gasteiger partial charge < -0.3 is 5.32 Å². The third-order valence-electron chi connectivity index (χ3n) is 3.22. The first kappa shape index (κ1) is 12.5. The third-order valence-corrected chi connectivity index (χ3v) is 5.25. The topological polar surface area (TPSA) is 80.1 Å². The largest absolute Gasteiger partial charge is 0.311 e. The van der Waals surface area contributed by atoms with Gasteiger partial charge in [-0.15, -0.1) is 5.10 Å². The Balaban J connectivity index is 2.36. The van der Waals surface area contributed by atoms with Crippen molar-refractivity contribution in [2.24, 2.45) is 7.05 Å². The summed E-state index contributed by atoms with van der Waals surface area (Å²) in [6.45, 7) is 5.01. The van der Waals surface area contributed by atoms with Gasteiger partial charge in [-0.1, -0.05) is 5.21 Å². The zero-order valence-corrected chi connectivity index (χ0v) is 11.0. The molecule has 17 heavy (non-hydrogen) atoms. The highest BCUT2D eigenvalue weighted by molar-refractivity contribution is 7.89. The number of aromatic nitrogens is 3. The number of sulfonamides is 1. The van der Waals surface area contributed by atoms with Gasteiger partial charge in [0.15, 0.2) is 5.03 Å². The minimum Gasteiger partial charge on any atom is -0.311 e. The molecule has 1 aromatic heterocycles. The molecule has 2 heterocycles. The SMILES string of the molecule is CC1NCCN(S(=O)(=O)c2cnnn2C)C1C. The van der Waals surface area contributed by atoms with Crippen LogP contribution in [0.3, 0.4) is 0 Å². The Morgan fingerprint density at radius 3 is 2.76 bits per heavy atom. The van der Waals surface area contributed by atoms with Crippen molar-refractivity contribution in [3.63, 3.8) is 0 Å². The first-order valence-corrected chi connectivity index (χ1v) is 6.98. The molecule has 1 aromatic rings. The van der Waals surface area contributed by atoms with Gasteiger partial charge in [-0.05, 0) is 13.8 Å². The van der Waals surface area contributed by atoms with Crippen LogP contribution in [0.25, 0.3) is 0 Å². The predicted molar refractivity (Wildman–Crippen MR) is 61.8 cm³/mol. The van der Waals surface area contributed by atoms with E-state index in [0.717, 1.165) is 0 Å². The summed E-state index contributed by atoms with van der Waals surface area (Å²) in [7, 11) is -1.92. The quantitative estimate of drug-likeness (QED) is 0.751. The van der Waals surface area contributed by atoms with Crippen LogP contribution < -0.4 is 5.32 Å². The lowest BCUT2D eigenvalue weighted by Crippen LogP contribution is -2.57. The number of rotatable bonds is 2. The first-order chi connectivity index (χ1) is 7.94. The third kappa shape index (κ3) is 2.07. The molecule has 0 amide bonds. The molecule has 0 bridgehead atoms. The summed E-state index contributed by atoms with van der Waals surface area (Å²) in [4.78, 5) is 0. The lowest BCUT2D eigenvalue weighted by Gasteiger charge is -2.37. The molecule has 1 saturated heterocycles. The van der Waals surface area contributed by atoms with Crippen molar-refractivity contribution < 1.29 is 8.42 Å². The number of nitrogens with one attached hydrogen (secondary N) is 1. The van der Waals surface area contributed by atoms with E-state index >= 15 is 0 Å². The van der Waals surface area contributed by atoms with Crippen molar-refractivity contribution >= 4 is 10.0 Å².